The number of fused-ring (bicyclic) bond motifs is 1. The molecule has 1 aromatic carbocycles. The molecule has 0 spiro atoms. The van der Waals surface area contributed by atoms with Gasteiger partial charge in [-0.05, 0) is 19.1 Å². The predicted octanol–water partition coefficient (Wildman–Crippen LogP) is 3.17. The maximum absolute atomic E-state index is 11.5. The van der Waals surface area contributed by atoms with Crippen molar-refractivity contribution in [2.75, 3.05) is 6.26 Å². The fourth-order valence-corrected chi connectivity index (χ4v) is 2.79. The van der Waals surface area contributed by atoms with Gasteiger partial charge < -0.3 is 0 Å². The zero-order chi connectivity index (χ0) is 15.1. The summed E-state index contributed by atoms with van der Waals surface area (Å²) in [5, 5.41) is 6.32. The van der Waals surface area contributed by atoms with Crippen molar-refractivity contribution in [1.29, 1.82) is 0 Å². The van der Waals surface area contributed by atoms with Gasteiger partial charge in [-0.15, -0.1) is 5.10 Å². The highest BCUT2D eigenvalue weighted by Crippen LogP contribution is 2.30. The molecular formula is C13H10Cl2N4OS. The largest absolute Gasteiger partial charge is 0.251 e. The van der Waals surface area contributed by atoms with Gasteiger partial charge in [0.15, 0.2) is 5.65 Å². The second kappa shape index (κ2) is 5.36. The van der Waals surface area contributed by atoms with Crippen LogP contribution in [0.15, 0.2) is 29.6 Å². The normalized spacial score (nSPS) is 12.8. The number of aromatic nitrogens is 4. The van der Waals surface area contributed by atoms with Crippen molar-refractivity contribution >= 4 is 45.0 Å². The molecule has 1 atom stereocenters. The summed E-state index contributed by atoms with van der Waals surface area (Å²) in [4.78, 5) is 8.31. The molecule has 1 unspecified atom stereocenters. The average Bonchev–Trinajstić information content (AvgIpc) is 2.78. The van der Waals surface area contributed by atoms with Crippen LogP contribution in [0.5, 0.6) is 0 Å². The van der Waals surface area contributed by atoms with Crippen molar-refractivity contribution in [3.05, 3.63) is 40.1 Å². The van der Waals surface area contributed by atoms with Crippen LogP contribution in [0.25, 0.3) is 16.7 Å². The minimum atomic E-state index is -1.25. The molecule has 3 aromatic rings. The lowest BCUT2D eigenvalue weighted by Gasteiger charge is -2.07. The van der Waals surface area contributed by atoms with Crippen LogP contribution in [0.4, 0.5) is 0 Å². The lowest BCUT2D eigenvalue weighted by atomic mass is 10.3. The number of benzene rings is 1. The van der Waals surface area contributed by atoms with Gasteiger partial charge >= 0.3 is 0 Å². The van der Waals surface area contributed by atoms with Crippen molar-refractivity contribution < 1.29 is 4.21 Å². The van der Waals surface area contributed by atoms with Crippen LogP contribution in [0, 0.1) is 6.92 Å². The van der Waals surface area contributed by atoms with Crippen molar-refractivity contribution in [2.45, 2.75) is 12.1 Å². The van der Waals surface area contributed by atoms with Crippen LogP contribution in [0.1, 0.15) is 5.69 Å². The predicted molar refractivity (Wildman–Crippen MR) is 83.7 cm³/mol. The molecule has 0 fully saturated rings. The Balaban J connectivity index is 2.26. The summed E-state index contributed by atoms with van der Waals surface area (Å²) in [6, 6.07) is 5.33. The van der Waals surface area contributed by atoms with E-state index >= 15 is 0 Å². The lowest BCUT2D eigenvalue weighted by molar-refractivity contribution is 0.680. The lowest BCUT2D eigenvalue weighted by Crippen LogP contribution is -1.99. The van der Waals surface area contributed by atoms with E-state index in [1.54, 1.807) is 23.0 Å². The van der Waals surface area contributed by atoms with Gasteiger partial charge in [0.05, 0.1) is 37.6 Å². The molecule has 0 N–H and O–H groups in total. The quantitative estimate of drug-likeness (QED) is 0.672. The number of aryl methyl sites for hydroxylation is 1. The van der Waals surface area contributed by atoms with Crippen LogP contribution in [-0.2, 0) is 10.8 Å². The first-order valence-corrected chi connectivity index (χ1v) is 8.30. The molecule has 0 saturated heterocycles. The summed E-state index contributed by atoms with van der Waals surface area (Å²) >= 11 is 12.3. The molecule has 2 aromatic heterocycles. The topological polar surface area (TPSA) is 60.7 Å². The van der Waals surface area contributed by atoms with Crippen molar-refractivity contribution in [1.82, 2.24) is 19.7 Å². The summed E-state index contributed by atoms with van der Waals surface area (Å²) in [6.45, 7) is 1.89. The van der Waals surface area contributed by atoms with Crippen molar-refractivity contribution in [3.8, 4) is 5.69 Å². The van der Waals surface area contributed by atoms with Crippen molar-refractivity contribution in [2.24, 2.45) is 0 Å². The fraction of sp³-hybridized carbons (Fsp3) is 0.154. The molecule has 3 rings (SSSR count). The van der Waals surface area contributed by atoms with Gasteiger partial charge in [-0.1, -0.05) is 29.3 Å². The third-order valence-electron chi connectivity index (χ3n) is 3.07. The van der Waals surface area contributed by atoms with Crippen LogP contribution in [0.2, 0.25) is 10.0 Å². The van der Waals surface area contributed by atoms with Crippen LogP contribution >= 0.6 is 23.2 Å². The van der Waals surface area contributed by atoms with E-state index in [1.807, 2.05) is 13.0 Å². The van der Waals surface area contributed by atoms with E-state index in [-0.39, 0.29) is 5.16 Å². The number of nitrogens with zero attached hydrogens (tertiary/aromatic N) is 4. The summed E-state index contributed by atoms with van der Waals surface area (Å²) < 4.78 is 13.1. The van der Waals surface area contributed by atoms with Gasteiger partial charge in [-0.25, -0.2) is 9.67 Å². The Morgan fingerprint density at radius 3 is 2.76 bits per heavy atom. The molecule has 108 valence electrons. The van der Waals surface area contributed by atoms with Gasteiger partial charge in [0.25, 0.3) is 0 Å². The number of hydrogen-bond acceptors (Lipinski definition) is 4. The monoisotopic (exact) mass is 340 g/mol. The second-order valence-electron chi connectivity index (χ2n) is 4.41. The smallest absolute Gasteiger partial charge is 0.220 e. The zero-order valence-electron chi connectivity index (χ0n) is 11.2. The molecule has 8 heteroatoms. The highest BCUT2D eigenvalue weighted by molar-refractivity contribution is 7.84. The van der Waals surface area contributed by atoms with Crippen LogP contribution < -0.4 is 0 Å². The van der Waals surface area contributed by atoms with E-state index in [4.69, 9.17) is 23.2 Å². The molecule has 0 amide bonds. The second-order valence-corrected chi connectivity index (χ2v) is 6.47. The number of hydrogen-bond donors (Lipinski definition) is 0. The van der Waals surface area contributed by atoms with Gasteiger partial charge in [-0.3, -0.25) is 4.21 Å². The van der Waals surface area contributed by atoms with Gasteiger partial charge in [0.1, 0.15) is 0 Å². The van der Waals surface area contributed by atoms with Gasteiger partial charge in [-0.2, -0.15) is 4.98 Å². The first kappa shape index (κ1) is 14.4. The Morgan fingerprint density at radius 1 is 1.29 bits per heavy atom. The minimum Gasteiger partial charge on any atom is -0.251 e. The maximum atomic E-state index is 11.5. The Bertz CT molecular complexity index is 878. The summed E-state index contributed by atoms with van der Waals surface area (Å²) in [5.41, 5.74) is 1.98. The first-order chi connectivity index (χ1) is 9.99. The molecular weight excluding hydrogens is 331 g/mol. The van der Waals surface area contributed by atoms with Crippen LogP contribution in [-0.4, -0.2) is 30.2 Å². The standard InChI is InChI=1S/C13H10Cl2N4OS/c1-7-8-6-16-13(21(2)20)17-12(8)18-19(7)10-5-3-4-9(14)11(10)15/h3-6H,1-2H3. The maximum Gasteiger partial charge on any atom is 0.220 e. The summed E-state index contributed by atoms with van der Waals surface area (Å²) in [7, 11) is -1.25. The fourth-order valence-electron chi connectivity index (χ4n) is 2.00. The molecule has 2 heterocycles. The molecule has 0 radical (unpaired) electrons. The molecule has 0 bridgehead atoms. The molecule has 0 saturated carbocycles. The van der Waals surface area contributed by atoms with E-state index in [0.29, 0.717) is 21.4 Å². The van der Waals surface area contributed by atoms with Gasteiger partial charge in [0.2, 0.25) is 5.16 Å². The number of halogens is 2. The minimum absolute atomic E-state index is 0.254. The highest BCUT2D eigenvalue weighted by Gasteiger charge is 2.15. The SMILES string of the molecule is Cc1c2cnc(S(C)=O)nc2nn1-c1cccc(Cl)c1Cl. The Morgan fingerprint density at radius 2 is 2.05 bits per heavy atom. The van der Waals surface area contributed by atoms with Crippen LogP contribution in [0.3, 0.4) is 0 Å². The Hall–Kier alpha value is -1.50. The zero-order valence-corrected chi connectivity index (χ0v) is 13.5. The van der Waals surface area contributed by atoms with Gasteiger partial charge in [0, 0.05) is 12.5 Å². The summed E-state index contributed by atoms with van der Waals surface area (Å²) in [6.07, 6.45) is 3.15. The van der Waals surface area contributed by atoms with E-state index in [0.717, 1.165) is 11.1 Å². The molecule has 21 heavy (non-hydrogen) atoms. The molecule has 0 aliphatic carbocycles. The average molecular weight is 341 g/mol. The number of rotatable bonds is 2. The van der Waals surface area contributed by atoms with Crippen molar-refractivity contribution in [3.63, 3.8) is 0 Å². The van der Waals surface area contributed by atoms with E-state index in [2.05, 4.69) is 15.1 Å². The van der Waals surface area contributed by atoms with E-state index < -0.39 is 10.8 Å². The molecule has 0 aliphatic heterocycles. The van der Waals surface area contributed by atoms with E-state index in [9.17, 15) is 4.21 Å². The first-order valence-electron chi connectivity index (χ1n) is 5.99. The Labute approximate surface area is 133 Å². The highest BCUT2D eigenvalue weighted by atomic mass is 35.5. The third kappa shape index (κ3) is 2.43. The third-order valence-corrected chi connectivity index (χ3v) is 4.59. The summed E-state index contributed by atoms with van der Waals surface area (Å²) in [5.74, 6) is 0. The van der Waals surface area contributed by atoms with E-state index in [1.165, 1.54) is 6.26 Å². The Kier molecular flexibility index (Phi) is 3.69. The molecule has 5 nitrogen and oxygen atoms in total. The molecule has 0 aliphatic rings.